The Morgan fingerprint density at radius 2 is 2.39 bits per heavy atom. The van der Waals surface area contributed by atoms with Crippen LogP contribution in [0.1, 0.15) is 41.6 Å². The molecule has 0 N–H and O–H groups in total. The number of likely N-dealkylation sites (tertiary alicyclic amines) is 1. The van der Waals surface area contributed by atoms with Crippen molar-refractivity contribution in [1.82, 2.24) is 9.88 Å². The van der Waals surface area contributed by atoms with Crippen LogP contribution < -0.4 is 0 Å². The SMILES string of the molecule is Cc1cncc(C(=O)N2CCCC2CCCBr)c1. The summed E-state index contributed by atoms with van der Waals surface area (Å²) in [6.07, 6.45) is 7.94. The van der Waals surface area contributed by atoms with E-state index in [2.05, 4.69) is 20.9 Å². The lowest BCUT2D eigenvalue weighted by molar-refractivity contribution is 0.0729. The highest BCUT2D eigenvalue weighted by Crippen LogP contribution is 2.23. The van der Waals surface area contributed by atoms with Gasteiger partial charge in [-0.15, -0.1) is 0 Å². The molecule has 1 fully saturated rings. The van der Waals surface area contributed by atoms with Gasteiger partial charge in [-0.2, -0.15) is 0 Å². The normalized spacial score (nSPS) is 19.2. The van der Waals surface area contributed by atoms with E-state index < -0.39 is 0 Å². The lowest BCUT2D eigenvalue weighted by Crippen LogP contribution is -2.35. The molecule has 2 heterocycles. The van der Waals surface area contributed by atoms with Gasteiger partial charge in [0.2, 0.25) is 0 Å². The summed E-state index contributed by atoms with van der Waals surface area (Å²) in [5.41, 5.74) is 1.76. The van der Waals surface area contributed by atoms with Gasteiger partial charge < -0.3 is 4.90 Å². The third-order valence-corrected chi connectivity index (χ3v) is 3.99. The van der Waals surface area contributed by atoms with E-state index in [9.17, 15) is 4.79 Å². The van der Waals surface area contributed by atoms with Crippen LogP contribution in [-0.2, 0) is 0 Å². The zero-order valence-corrected chi connectivity index (χ0v) is 12.3. The number of aromatic nitrogens is 1. The van der Waals surface area contributed by atoms with Crippen LogP contribution in [0.3, 0.4) is 0 Å². The van der Waals surface area contributed by atoms with E-state index >= 15 is 0 Å². The van der Waals surface area contributed by atoms with Gasteiger partial charge in [0.25, 0.3) is 5.91 Å². The first-order chi connectivity index (χ1) is 8.72. The van der Waals surface area contributed by atoms with Gasteiger partial charge in [0.1, 0.15) is 0 Å². The Morgan fingerprint density at radius 1 is 1.56 bits per heavy atom. The van der Waals surface area contributed by atoms with Gasteiger partial charge in [-0.05, 0) is 44.2 Å². The van der Waals surface area contributed by atoms with E-state index in [1.54, 1.807) is 12.4 Å². The maximum Gasteiger partial charge on any atom is 0.255 e. The molecule has 0 radical (unpaired) electrons. The van der Waals surface area contributed by atoms with Crippen molar-refractivity contribution in [3.05, 3.63) is 29.6 Å². The molecule has 0 bridgehead atoms. The maximum absolute atomic E-state index is 12.4. The molecule has 1 aromatic rings. The first-order valence-corrected chi connectivity index (χ1v) is 7.63. The van der Waals surface area contributed by atoms with E-state index in [0.29, 0.717) is 6.04 Å². The molecule has 1 amide bonds. The Labute approximate surface area is 117 Å². The van der Waals surface area contributed by atoms with Gasteiger partial charge in [-0.1, -0.05) is 15.9 Å². The standard InChI is InChI=1S/C14H19BrN2O/c1-11-8-12(10-16-9-11)14(18)17-7-3-5-13(17)4-2-6-15/h8-10,13H,2-7H2,1H3. The summed E-state index contributed by atoms with van der Waals surface area (Å²) in [5.74, 6) is 0.142. The second-order valence-electron chi connectivity index (χ2n) is 4.88. The highest BCUT2D eigenvalue weighted by Gasteiger charge is 2.28. The number of alkyl halides is 1. The van der Waals surface area contributed by atoms with Crippen molar-refractivity contribution >= 4 is 21.8 Å². The van der Waals surface area contributed by atoms with E-state index in [4.69, 9.17) is 0 Å². The van der Waals surface area contributed by atoms with E-state index in [-0.39, 0.29) is 5.91 Å². The van der Waals surface area contributed by atoms with Crippen LogP contribution in [-0.4, -0.2) is 33.7 Å². The predicted octanol–water partition coefficient (Wildman–Crippen LogP) is 3.17. The number of pyridine rings is 1. The molecule has 0 aliphatic carbocycles. The van der Waals surface area contributed by atoms with E-state index in [1.165, 1.54) is 0 Å². The van der Waals surface area contributed by atoms with E-state index in [1.807, 2.05) is 17.9 Å². The largest absolute Gasteiger partial charge is 0.336 e. The summed E-state index contributed by atoms with van der Waals surface area (Å²) >= 11 is 3.45. The third-order valence-electron chi connectivity index (χ3n) is 3.43. The van der Waals surface area contributed by atoms with Crippen molar-refractivity contribution in [2.45, 2.75) is 38.6 Å². The number of nitrogens with zero attached hydrogens (tertiary/aromatic N) is 2. The third kappa shape index (κ3) is 3.10. The van der Waals surface area contributed by atoms with Crippen molar-refractivity contribution in [2.24, 2.45) is 0 Å². The van der Waals surface area contributed by atoms with Crippen molar-refractivity contribution in [3.8, 4) is 0 Å². The van der Waals surface area contributed by atoms with Crippen molar-refractivity contribution in [1.29, 1.82) is 0 Å². The smallest absolute Gasteiger partial charge is 0.255 e. The quantitative estimate of drug-likeness (QED) is 0.800. The molecule has 2 rings (SSSR count). The van der Waals surface area contributed by atoms with Crippen molar-refractivity contribution < 1.29 is 4.79 Å². The molecule has 1 aliphatic rings. The Bertz CT molecular complexity index is 422. The van der Waals surface area contributed by atoms with Crippen LogP contribution in [0.15, 0.2) is 18.5 Å². The van der Waals surface area contributed by atoms with Crippen LogP contribution in [0, 0.1) is 6.92 Å². The monoisotopic (exact) mass is 310 g/mol. The highest BCUT2D eigenvalue weighted by molar-refractivity contribution is 9.09. The van der Waals surface area contributed by atoms with Gasteiger partial charge in [-0.3, -0.25) is 9.78 Å². The van der Waals surface area contributed by atoms with Crippen LogP contribution in [0.5, 0.6) is 0 Å². The minimum atomic E-state index is 0.142. The Kier molecular flexibility index (Phi) is 4.75. The van der Waals surface area contributed by atoms with Crippen molar-refractivity contribution in [2.75, 3.05) is 11.9 Å². The number of hydrogen-bond donors (Lipinski definition) is 0. The lowest BCUT2D eigenvalue weighted by Gasteiger charge is -2.24. The molecule has 18 heavy (non-hydrogen) atoms. The van der Waals surface area contributed by atoms with Crippen LogP contribution in [0.4, 0.5) is 0 Å². The molecular formula is C14H19BrN2O. The van der Waals surface area contributed by atoms with Gasteiger partial charge in [0, 0.05) is 30.3 Å². The van der Waals surface area contributed by atoms with Gasteiger partial charge >= 0.3 is 0 Å². The average Bonchev–Trinajstić information content (AvgIpc) is 2.83. The number of amides is 1. The number of carbonyl (C=O) groups excluding carboxylic acids is 1. The molecule has 0 aromatic carbocycles. The second-order valence-corrected chi connectivity index (χ2v) is 5.67. The first-order valence-electron chi connectivity index (χ1n) is 6.51. The fourth-order valence-electron chi connectivity index (χ4n) is 2.55. The average molecular weight is 311 g/mol. The Balaban J connectivity index is 2.08. The van der Waals surface area contributed by atoms with Gasteiger partial charge in [0.05, 0.1) is 5.56 Å². The number of aryl methyl sites for hydroxylation is 1. The number of rotatable bonds is 4. The maximum atomic E-state index is 12.4. The summed E-state index contributed by atoms with van der Waals surface area (Å²) in [4.78, 5) is 18.6. The van der Waals surface area contributed by atoms with Crippen LogP contribution in [0.2, 0.25) is 0 Å². The fourth-order valence-corrected chi connectivity index (χ4v) is 2.88. The molecule has 1 aromatic heterocycles. The molecule has 0 saturated carbocycles. The predicted molar refractivity (Wildman–Crippen MR) is 76.1 cm³/mol. The zero-order valence-electron chi connectivity index (χ0n) is 10.7. The highest BCUT2D eigenvalue weighted by atomic mass is 79.9. The number of halogens is 1. The molecular weight excluding hydrogens is 292 g/mol. The molecule has 1 aliphatic heterocycles. The second kappa shape index (κ2) is 6.32. The Hall–Kier alpha value is -0.900. The van der Waals surface area contributed by atoms with Crippen molar-refractivity contribution in [3.63, 3.8) is 0 Å². The molecule has 98 valence electrons. The van der Waals surface area contributed by atoms with Gasteiger partial charge in [0.15, 0.2) is 0 Å². The molecule has 0 spiro atoms. The van der Waals surface area contributed by atoms with Crippen LogP contribution in [0.25, 0.3) is 0 Å². The van der Waals surface area contributed by atoms with E-state index in [0.717, 1.165) is 48.7 Å². The summed E-state index contributed by atoms with van der Waals surface area (Å²) in [5, 5.41) is 1.01. The zero-order chi connectivity index (χ0) is 13.0. The van der Waals surface area contributed by atoms with Crippen LogP contribution >= 0.6 is 15.9 Å². The molecule has 1 saturated heterocycles. The molecule has 3 nitrogen and oxygen atoms in total. The minimum Gasteiger partial charge on any atom is -0.336 e. The molecule has 1 atom stereocenters. The minimum absolute atomic E-state index is 0.142. The fraction of sp³-hybridized carbons (Fsp3) is 0.571. The molecule has 1 unspecified atom stereocenters. The topological polar surface area (TPSA) is 33.2 Å². The number of hydrogen-bond acceptors (Lipinski definition) is 2. The first kappa shape index (κ1) is 13.5. The summed E-state index contributed by atoms with van der Waals surface area (Å²) in [7, 11) is 0. The summed E-state index contributed by atoms with van der Waals surface area (Å²) in [6, 6.07) is 2.34. The summed E-state index contributed by atoms with van der Waals surface area (Å²) < 4.78 is 0. The summed E-state index contributed by atoms with van der Waals surface area (Å²) in [6.45, 7) is 2.86. The van der Waals surface area contributed by atoms with Gasteiger partial charge in [-0.25, -0.2) is 0 Å². The lowest BCUT2D eigenvalue weighted by atomic mass is 10.1. The Morgan fingerprint density at radius 3 is 3.11 bits per heavy atom. The number of carbonyl (C=O) groups is 1. The molecule has 4 heteroatoms.